The Balaban J connectivity index is 1.53. The average molecular weight is 294 g/mol. The molecule has 3 aliphatic rings. The topological polar surface area (TPSA) is 64.7 Å². The van der Waals surface area contributed by atoms with Crippen molar-refractivity contribution in [1.29, 1.82) is 0 Å². The number of amides is 2. The lowest BCUT2D eigenvalue weighted by Gasteiger charge is -2.27. The van der Waals surface area contributed by atoms with Crippen molar-refractivity contribution in [2.75, 3.05) is 39.3 Å². The third kappa shape index (κ3) is 3.95. The molecule has 1 saturated carbocycles. The van der Waals surface area contributed by atoms with E-state index in [1.54, 1.807) is 4.90 Å². The molecule has 0 aromatic rings. The van der Waals surface area contributed by atoms with E-state index in [1.807, 2.05) is 0 Å². The summed E-state index contributed by atoms with van der Waals surface area (Å²) in [7, 11) is 0. The van der Waals surface area contributed by atoms with Gasteiger partial charge in [0, 0.05) is 25.7 Å². The number of hydrogen-bond acceptors (Lipinski definition) is 4. The number of nitrogens with zero attached hydrogens (tertiary/aromatic N) is 2. The van der Waals surface area contributed by atoms with E-state index in [-0.39, 0.29) is 17.9 Å². The molecule has 1 aliphatic carbocycles. The second-order valence-electron chi connectivity index (χ2n) is 6.41. The van der Waals surface area contributed by atoms with E-state index in [9.17, 15) is 9.59 Å². The molecule has 1 atom stereocenters. The fourth-order valence-electron chi connectivity index (χ4n) is 3.20. The van der Waals surface area contributed by atoms with E-state index in [0.717, 1.165) is 64.8 Å². The molecule has 2 aliphatic heterocycles. The molecule has 6 heteroatoms. The van der Waals surface area contributed by atoms with Gasteiger partial charge in [-0.25, -0.2) is 0 Å². The lowest BCUT2D eigenvalue weighted by Crippen LogP contribution is -2.49. The number of rotatable bonds is 4. The molecular formula is C15H26N4O2. The molecule has 1 unspecified atom stereocenters. The van der Waals surface area contributed by atoms with Gasteiger partial charge >= 0.3 is 0 Å². The summed E-state index contributed by atoms with van der Waals surface area (Å²) in [5.74, 6) is 0.172. The maximum Gasteiger partial charge on any atom is 0.243 e. The highest BCUT2D eigenvalue weighted by molar-refractivity contribution is 5.89. The van der Waals surface area contributed by atoms with Gasteiger partial charge in [0.15, 0.2) is 0 Å². The van der Waals surface area contributed by atoms with E-state index in [1.165, 1.54) is 0 Å². The molecule has 2 heterocycles. The second-order valence-corrected chi connectivity index (χ2v) is 6.41. The summed E-state index contributed by atoms with van der Waals surface area (Å²) in [6.07, 6.45) is 5.02. The molecule has 2 N–H and O–H groups in total. The first-order chi connectivity index (χ1) is 10.2. The predicted molar refractivity (Wildman–Crippen MR) is 79.8 cm³/mol. The fourth-order valence-corrected chi connectivity index (χ4v) is 3.20. The Hall–Kier alpha value is -1.14. The molecule has 118 valence electrons. The second kappa shape index (κ2) is 6.75. The molecule has 0 aromatic carbocycles. The molecule has 0 aromatic heterocycles. The van der Waals surface area contributed by atoms with Crippen LogP contribution in [-0.2, 0) is 9.59 Å². The first-order valence-electron chi connectivity index (χ1n) is 8.27. The number of carbonyl (C=O) groups excluding carboxylic acids is 2. The average Bonchev–Trinajstić information content (AvgIpc) is 3.20. The van der Waals surface area contributed by atoms with E-state index in [0.29, 0.717) is 12.6 Å². The first kappa shape index (κ1) is 14.8. The molecule has 0 radical (unpaired) electrons. The van der Waals surface area contributed by atoms with Crippen LogP contribution in [0, 0.1) is 0 Å². The highest BCUT2D eigenvalue weighted by atomic mass is 16.2. The summed E-state index contributed by atoms with van der Waals surface area (Å²) in [5.41, 5.74) is 0. The Morgan fingerprint density at radius 1 is 1.05 bits per heavy atom. The zero-order valence-corrected chi connectivity index (χ0v) is 12.6. The summed E-state index contributed by atoms with van der Waals surface area (Å²) in [5, 5.41) is 6.38. The van der Waals surface area contributed by atoms with Gasteiger partial charge in [-0.3, -0.25) is 14.5 Å². The van der Waals surface area contributed by atoms with Crippen molar-refractivity contribution in [2.45, 2.75) is 44.2 Å². The Morgan fingerprint density at radius 3 is 2.71 bits per heavy atom. The van der Waals surface area contributed by atoms with Gasteiger partial charge in [0.05, 0.1) is 6.54 Å². The highest BCUT2D eigenvalue weighted by Gasteiger charge is 2.36. The summed E-state index contributed by atoms with van der Waals surface area (Å²) in [6, 6.07) is 0.134. The van der Waals surface area contributed by atoms with Gasteiger partial charge < -0.3 is 15.5 Å². The van der Waals surface area contributed by atoms with Gasteiger partial charge in [-0.15, -0.1) is 0 Å². The van der Waals surface area contributed by atoms with Crippen LogP contribution in [0.2, 0.25) is 0 Å². The van der Waals surface area contributed by atoms with Gasteiger partial charge in [0.25, 0.3) is 0 Å². The molecule has 0 spiro atoms. The van der Waals surface area contributed by atoms with E-state index < -0.39 is 0 Å². The predicted octanol–water partition coefficient (Wildman–Crippen LogP) is -0.449. The summed E-state index contributed by atoms with van der Waals surface area (Å²) in [4.78, 5) is 28.8. The largest absolute Gasteiger partial charge is 0.352 e. The molecular weight excluding hydrogens is 268 g/mol. The normalized spacial score (nSPS) is 27.4. The van der Waals surface area contributed by atoms with Crippen LogP contribution >= 0.6 is 0 Å². The zero-order valence-electron chi connectivity index (χ0n) is 12.6. The van der Waals surface area contributed by atoms with Crippen molar-refractivity contribution in [3.05, 3.63) is 0 Å². The van der Waals surface area contributed by atoms with Crippen LogP contribution in [0.1, 0.15) is 32.1 Å². The van der Waals surface area contributed by atoms with Crippen molar-refractivity contribution < 1.29 is 9.59 Å². The standard InChI is InChI=1S/C15H26N4O2/c20-14(11-18-8-2-6-16-7-10-18)19-9-1-3-13(19)15(21)17-12-4-5-12/h12-13,16H,1-11H2,(H,17,21). The highest BCUT2D eigenvalue weighted by Crippen LogP contribution is 2.22. The minimum Gasteiger partial charge on any atom is -0.352 e. The first-order valence-corrected chi connectivity index (χ1v) is 8.27. The molecule has 21 heavy (non-hydrogen) atoms. The van der Waals surface area contributed by atoms with Gasteiger partial charge in [-0.2, -0.15) is 0 Å². The summed E-state index contributed by atoms with van der Waals surface area (Å²) >= 11 is 0. The van der Waals surface area contributed by atoms with Gasteiger partial charge in [0.2, 0.25) is 11.8 Å². The quantitative estimate of drug-likeness (QED) is 0.737. The minimum absolute atomic E-state index is 0.0564. The zero-order chi connectivity index (χ0) is 14.7. The Morgan fingerprint density at radius 2 is 1.90 bits per heavy atom. The van der Waals surface area contributed by atoms with Crippen LogP contribution in [0.25, 0.3) is 0 Å². The number of likely N-dealkylation sites (tertiary alicyclic amines) is 1. The summed E-state index contributed by atoms with van der Waals surface area (Å²) < 4.78 is 0. The molecule has 2 amide bonds. The number of nitrogens with one attached hydrogen (secondary N) is 2. The third-order valence-electron chi connectivity index (χ3n) is 4.59. The van der Waals surface area contributed by atoms with Crippen LogP contribution in [-0.4, -0.2) is 73.0 Å². The van der Waals surface area contributed by atoms with Gasteiger partial charge in [-0.1, -0.05) is 0 Å². The lowest BCUT2D eigenvalue weighted by molar-refractivity contribution is -0.139. The van der Waals surface area contributed by atoms with E-state index in [2.05, 4.69) is 15.5 Å². The van der Waals surface area contributed by atoms with Crippen molar-refractivity contribution in [3.8, 4) is 0 Å². The Bertz CT molecular complexity index is 389. The molecule has 0 bridgehead atoms. The lowest BCUT2D eigenvalue weighted by atomic mass is 10.2. The van der Waals surface area contributed by atoms with Crippen molar-refractivity contribution in [1.82, 2.24) is 20.4 Å². The number of carbonyl (C=O) groups is 2. The molecule has 3 rings (SSSR count). The van der Waals surface area contributed by atoms with Crippen molar-refractivity contribution >= 4 is 11.8 Å². The van der Waals surface area contributed by atoms with Crippen LogP contribution in [0.15, 0.2) is 0 Å². The third-order valence-corrected chi connectivity index (χ3v) is 4.59. The van der Waals surface area contributed by atoms with Crippen LogP contribution in [0.5, 0.6) is 0 Å². The SMILES string of the molecule is O=C(NC1CC1)C1CCCN1C(=O)CN1CCCNCC1. The van der Waals surface area contributed by atoms with Crippen LogP contribution in [0.4, 0.5) is 0 Å². The van der Waals surface area contributed by atoms with Crippen molar-refractivity contribution in [2.24, 2.45) is 0 Å². The maximum atomic E-state index is 12.5. The van der Waals surface area contributed by atoms with Gasteiger partial charge in [-0.05, 0) is 45.2 Å². The Labute approximate surface area is 126 Å². The monoisotopic (exact) mass is 294 g/mol. The fraction of sp³-hybridized carbons (Fsp3) is 0.867. The van der Waals surface area contributed by atoms with E-state index in [4.69, 9.17) is 0 Å². The maximum absolute atomic E-state index is 12.5. The van der Waals surface area contributed by atoms with Crippen LogP contribution in [0.3, 0.4) is 0 Å². The minimum atomic E-state index is -0.233. The molecule has 2 saturated heterocycles. The van der Waals surface area contributed by atoms with Crippen molar-refractivity contribution in [3.63, 3.8) is 0 Å². The molecule has 6 nitrogen and oxygen atoms in total. The molecule has 3 fully saturated rings. The van der Waals surface area contributed by atoms with E-state index >= 15 is 0 Å². The summed E-state index contributed by atoms with van der Waals surface area (Å²) in [6.45, 7) is 5.03. The number of hydrogen-bond donors (Lipinski definition) is 2. The van der Waals surface area contributed by atoms with Gasteiger partial charge in [0.1, 0.15) is 6.04 Å². The smallest absolute Gasteiger partial charge is 0.243 e. The Kier molecular flexibility index (Phi) is 4.75. The van der Waals surface area contributed by atoms with Crippen LogP contribution < -0.4 is 10.6 Å².